The number of anilines is 2. The number of amides is 1. The van der Waals surface area contributed by atoms with Crippen molar-refractivity contribution in [3.05, 3.63) is 56.9 Å². The molecule has 182 valence electrons. The van der Waals surface area contributed by atoms with Crippen molar-refractivity contribution >= 4 is 74.8 Å². The fourth-order valence-electron chi connectivity index (χ4n) is 3.94. The summed E-state index contributed by atoms with van der Waals surface area (Å²) < 4.78 is 7.43. The first-order valence-corrected chi connectivity index (χ1v) is 12.8. The lowest BCUT2D eigenvalue weighted by Gasteiger charge is -2.26. The fourth-order valence-corrected chi connectivity index (χ4v) is 5.25. The summed E-state index contributed by atoms with van der Waals surface area (Å²) in [4.78, 5) is 24.2. The van der Waals surface area contributed by atoms with Gasteiger partial charge in [-0.15, -0.1) is 0 Å². The van der Waals surface area contributed by atoms with Gasteiger partial charge in [-0.1, -0.05) is 35.3 Å². The predicted molar refractivity (Wildman–Crippen MR) is 145 cm³/mol. The van der Waals surface area contributed by atoms with E-state index in [1.54, 1.807) is 18.2 Å². The molecular weight excluding hydrogens is 507 g/mol. The molecule has 0 spiro atoms. The molecule has 0 saturated carbocycles. The minimum absolute atomic E-state index is 0.309. The number of rotatable bonds is 6. The first kappa shape index (κ1) is 24.1. The Labute approximate surface area is 217 Å². The number of benzene rings is 2. The van der Waals surface area contributed by atoms with Crippen molar-refractivity contribution in [2.24, 2.45) is 12.0 Å². The monoisotopic (exact) mass is 530 g/mol. The largest absolute Gasteiger partial charge is 0.379 e. The van der Waals surface area contributed by atoms with Gasteiger partial charge in [0, 0.05) is 33.2 Å². The number of aryl methyl sites for hydroxylation is 1. The quantitative estimate of drug-likeness (QED) is 0.446. The number of aromatic nitrogens is 2. The first-order chi connectivity index (χ1) is 17.0. The molecule has 3 heterocycles. The minimum Gasteiger partial charge on any atom is -0.379 e. The van der Waals surface area contributed by atoms with E-state index in [1.807, 2.05) is 35.9 Å². The fraction of sp³-hybridized carbons (Fsp3) is 0.292. The highest BCUT2D eigenvalue weighted by atomic mass is 35.5. The van der Waals surface area contributed by atoms with Gasteiger partial charge in [0.2, 0.25) is 5.95 Å². The normalized spacial score (nSPS) is 17.9. The zero-order valence-corrected chi connectivity index (χ0v) is 21.4. The van der Waals surface area contributed by atoms with E-state index in [2.05, 4.69) is 20.5 Å². The van der Waals surface area contributed by atoms with Gasteiger partial charge in [0.25, 0.3) is 5.91 Å². The molecule has 1 aromatic heterocycles. The molecule has 8 nitrogen and oxygen atoms in total. The number of hydrogen-bond donors (Lipinski definition) is 2. The van der Waals surface area contributed by atoms with Gasteiger partial charge in [0.05, 0.1) is 44.9 Å². The Balaban J connectivity index is 1.27. The van der Waals surface area contributed by atoms with E-state index in [9.17, 15) is 4.79 Å². The van der Waals surface area contributed by atoms with Crippen LogP contribution in [0.5, 0.6) is 0 Å². The van der Waals surface area contributed by atoms with Gasteiger partial charge in [-0.25, -0.2) is 4.98 Å². The number of morpholine rings is 1. The van der Waals surface area contributed by atoms with Gasteiger partial charge < -0.3 is 19.9 Å². The summed E-state index contributed by atoms with van der Waals surface area (Å²) in [6.07, 6.45) is 1.83. The Kier molecular flexibility index (Phi) is 7.31. The SMILES string of the molecule is Cn1c(NCCN2CCOCC2)nc2ccc(/C=C3\SC(Nc4c(Cl)cccc4Cl)=NC3=O)cc21. The summed E-state index contributed by atoms with van der Waals surface area (Å²) in [6.45, 7) is 5.26. The molecule has 2 aliphatic heterocycles. The third-order valence-electron chi connectivity index (χ3n) is 5.83. The number of halogens is 2. The van der Waals surface area contributed by atoms with Crippen LogP contribution in [-0.2, 0) is 16.6 Å². The zero-order chi connectivity index (χ0) is 24.4. The van der Waals surface area contributed by atoms with E-state index in [0.717, 1.165) is 61.9 Å². The van der Waals surface area contributed by atoms with Crippen LogP contribution in [0, 0.1) is 0 Å². The van der Waals surface area contributed by atoms with Gasteiger partial charge in [0.15, 0.2) is 5.17 Å². The van der Waals surface area contributed by atoms with Crippen LogP contribution < -0.4 is 10.6 Å². The lowest BCUT2D eigenvalue weighted by molar-refractivity contribution is -0.113. The third-order valence-corrected chi connectivity index (χ3v) is 7.36. The van der Waals surface area contributed by atoms with Crippen LogP contribution in [0.4, 0.5) is 11.6 Å². The summed E-state index contributed by atoms with van der Waals surface area (Å²) in [5.41, 5.74) is 3.29. The lowest BCUT2D eigenvalue weighted by Crippen LogP contribution is -2.39. The number of carbonyl (C=O) groups excluding carboxylic acids is 1. The van der Waals surface area contributed by atoms with Crippen molar-refractivity contribution in [1.82, 2.24) is 14.5 Å². The van der Waals surface area contributed by atoms with E-state index in [0.29, 0.717) is 25.8 Å². The molecule has 2 aliphatic rings. The number of ether oxygens (including phenoxy) is 1. The van der Waals surface area contributed by atoms with E-state index in [1.165, 1.54) is 11.8 Å². The van der Waals surface area contributed by atoms with Crippen molar-refractivity contribution in [3.63, 3.8) is 0 Å². The molecule has 2 aromatic carbocycles. The molecular formula is C24H24Cl2N6O2S. The molecule has 0 radical (unpaired) electrons. The first-order valence-electron chi connectivity index (χ1n) is 11.2. The molecule has 1 saturated heterocycles. The second kappa shape index (κ2) is 10.6. The lowest BCUT2D eigenvalue weighted by atomic mass is 10.2. The van der Waals surface area contributed by atoms with Gasteiger partial charge >= 0.3 is 0 Å². The standard InChI is InChI=1S/C24H24Cl2N6O2S/c1-31-19-13-15(5-6-18(19)28-23(31)27-7-8-32-9-11-34-12-10-32)14-20-22(33)30-24(35-20)29-21-16(25)3-2-4-17(21)26/h2-6,13-14H,7-12H2,1H3,(H,27,28)(H,29,30,33)/b20-14-. The predicted octanol–water partition coefficient (Wildman–Crippen LogP) is 4.71. The van der Waals surface area contributed by atoms with E-state index in [4.69, 9.17) is 32.9 Å². The maximum Gasteiger partial charge on any atom is 0.286 e. The summed E-state index contributed by atoms with van der Waals surface area (Å²) in [5.74, 6) is 0.507. The topological polar surface area (TPSA) is 83.8 Å². The van der Waals surface area contributed by atoms with Gasteiger partial charge in [-0.2, -0.15) is 4.99 Å². The molecule has 5 rings (SSSR count). The highest BCUT2D eigenvalue weighted by molar-refractivity contribution is 8.18. The molecule has 2 N–H and O–H groups in total. The summed E-state index contributed by atoms with van der Waals surface area (Å²) >= 11 is 13.7. The number of para-hydroxylation sites is 1. The van der Waals surface area contributed by atoms with Crippen molar-refractivity contribution in [2.45, 2.75) is 0 Å². The average Bonchev–Trinajstić information content (AvgIpc) is 3.36. The molecule has 1 fully saturated rings. The van der Waals surface area contributed by atoms with Gasteiger partial charge in [-0.3, -0.25) is 9.69 Å². The van der Waals surface area contributed by atoms with Crippen LogP contribution >= 0.6 is 35.0 Å². The highest BCUT2D eigenvalue weighted by Crippen LogP contribution is 2.35. The summed E-state index contributed by atoms with van der Waals surface area (Å²) in [5, 5.41) is 7.85. The number of nitrogens with zero attached hydrogens (tertiary/aromatic N) is 4. The van der Waals surface area contributed by atoms with Crippen LogP contribution in [0.1, 0.15) is 5.56 Å². The molecule has 0 unspecified atom stereocenters. The Hall–Kier alpha value is -2.56. The molecule has 11 heteroatoms. The number of nitrogens with one attached hydrogen (secondary N) is 2. The molecule has 3 aromatic rings. The Morgan fingerprint density at radius 2 is 1.94 bits per heavy atom. The molecule has 0 aliphatic carbocycles. The van der Waals surface area contributed by atoms with Crippen LogP contribution in [0.3, 0.4) is 0 Å². The number of imidazole rings is 1. The summed E-state index contributed by atoms with van der Waals surface area (Å²) in [6, 6.07) is 11.1. The average molecular weight is 531 g/mol. The van der Waals surface area contributed by atoms with E-state index < -0.39 is 0 Å². The van der Waals surface area contributed by atoms with Crippen LogP contribution in [-0.4, -0.2) is 64.9 Å². The highest BCUT2D eigenvalue weighted by Gasteiger charge is 2.23. The second-order valence-electron chi connectivity index (χ2n) is 8.18. The third kappa shape index (κ3) is 5.49. The number of aliphatic imine (C=N–C) groups is 1. The molecule has 1 amide bonds. The second-order valence-corrected chi connectivity index (χ2v) is 10.0. The van der Waals surface area contributed by atoms with Crippen LogP contribution in [0.2, 0.25) is 10.0 Å². The zero-order valence-electron chi connectivity index (χ0n) is 19.1. The maximum absolute atomic E-state index is 12.5. The van der Waals surface area contributed by atoms with E-state index >= 15 is 0 Å². The Bertz CT molecular complexity index is 1310. The Morgan fingerprint density at radius 3 is 2.71 bits per heavy atom. The van der Waals surface area contributed by atoms with Crippen LogP contribution in [0.15, 0.2) is 46.3 Å². The molecule has 0 bridgehead atoms. The summed E-state index contributed by atoms with van der Waals surface area (Å²) in [7, 11) is 1.98. The number of fused-ring (bicyclic) bond motifs is 1. The smallest absolute Gasteiger partial charge is 0.286 e. The number of hydrogen-bond acceptors (Lipinski definition) is 7. The Morgan fingerprint density at radius 1 is 1.17 bits per heavy atom. The van der Waals surface area contributed by atoms with E-state index in [-0.39, 0.29) is 5.91 Å². The number of carbonyl (C=O) groups is 1. The molecule has 0 atom stereocenters. The maximum atomic E-state index is 12.5. The number of thioether (sulfide) groups is 1. The molecule has 35 heavy (non-hydrogen) atoms. The van der Waals surface area contributed by atoms with Crippen molar-refractivity contribution in [2.75, 3.05) is 50.0 Å². The van der Waals surface area contributed by atoms with Crippen molar-refractivity contribution in [1.29, 1.82) is 0 Å². The van der Waals surface area contributed by atoms with Gasteiger partial charge in [-0.05, 0) is 47.7 Å². The van der Waals surface area contributed by atoms with Crippen LogP contribution in [0.25, 0.3) is 17.1 Å². The minimum atomic E-state index is -0.309. The van der Waals surface area contributed by atoms with Crippen molar-refractivity contribution in [3.8, 4) is 0 Å². The number of amidine groups is 1. The van der Waals surface area contributed by atoms with Crippen molar-refractivity contribution < 1.29 is 9.53 Å². The van der Waals surface area contributed by atoms with Gasteiger partial charge in [0.1, 0.15) is 0 Å².